The van der Waals surface area contributed by atoms with E-state index in [2.05, 4.69) is 52.8 Å². The first kappa shape index (κ1) is 14.2. The number of hydrogen-bond donors (Lipinski definition) is 1. The van der Waals surface area contributed by atoms with E-state index in [1.165, 1.54) is 22.1 Å². The molecule has 23 heavy (non-hydrogen) atoms. The van der Waals surface area contributed by atoms with Gasteiger partial charge in [0.1, 0.15) is 5.75 Å². The van der Waals surface area contributed by atoms with Crippen LogP contribution in [-0.4, -0.2) is 18.1 Å². The van der Waals surface area contributed by atoms with E-state index in [1.54, 1.807) is 0 Å². The van der Waals surface area contributed by atoms with Crippen LogP contribution in [0.3, 0.4) is 0 Å². The van der Waals surface area contributed by atoms with E-state index in [-0.39, 0.29) is 0 Å². The third kappa shape index (κ3) is 3.06. The molecule has 0 atom stereocenters. The second kappa shape index (κ2) is 6.39. The molecule has 1 aliphatic heterocycles. The SMILES string of the molecule is c1cnc2c(CNCCc3ccc4c(c3)CCO4)cccc2c1. The van der Waals surface area contributed by atoms with Crippen molar-refractivity contribution < 1.29 is 4.74 Å². The summed E-state index contributed by atoms with van der Waals surface area (Å²) >= 11 is 0. The molecule has 0 spiro atoms. The summed E-state index contributed by atoms with van der Waals surface area (Å²) in [5.74, 6) is 1.06. The minimum absolute atomic E-state index is 0.825. The Balaban J connectivity index is 1.36. The molecule has 0 saturated heterocycles. The fourth-order valence-corrected chi connectivity index (χ4v) is 3.16. The standard InChI is InChI=1S/C20H20N2O/c1-3-16-5-2-10-22-20(16)18(4-1)14-21-11-8-15-6-7-19-17(13-15)9-12-23-19/h1-7,10,13,21H,8-9,11-12,14H2. The van der Waals surface area contributed by atoms with E-state index in [0.29, 0.717) is 0 Å². The number of benzene rings is 2. The summed E-state index contributed by atoms with van der Waals surface area (Å²) in [7, 11) is 0. The summed E-state index contributed by atoms with van der Waals surface area (Å²) in [6, 6.07) is 17.0. The first-order chi connectivity index (χ1) is 11.4. The van der Waals surface area contributed by atoms with E-state index >= 15 is 0 Å². The van der Waals surface area contributed by atoms with Crippen molar-refractivity contribution in [3.8, 4) is 5.75 Å². The number of para-hydroxylation sites is 1. The maximum absolute atomic E-state index is 5.56. The van der Waals surface area contributed by atoms with Gasteiger partial charge in [0, 0.05) is 24.5 Å². The molecule has 0 amide bonds. The van der Waals surface area contributed by atoms with Gasteiger partial charge in [-0.15, -0.1) is 0 Å². The molecule has 2 heterocycles. The van der Waals surface area contributed by atoms with Crippen molar-refractivity contribution in [2.75, 3.05) is 13.2 Å². The number of hydrogen-bond acceptors (Lipinski definition) is 3. The van der Waals surface area contributed by atoms with Crippen molar-refractivity contribution in [2.24, 2.45) is 0 Å². The number of nitrogens with zero attached hydrogens (tertiary/aromatic N) is 1. The van der Waals surface area contributed by atoms with Crippen LogP contribution in [0.2, 0.25) is 0 Å². The number of rotatable bonds is 5. The first-order valence-electron chi connectivity index (χ1n) is 8.18. The highest BCUT2D eigenvalue weighted by molar-refractivity contribution is 5.81. The molecular weight excluding hydrogens is 284 g/mol. The van der Waals surface area contributed by atoms with Crippen LogP contribution in [0.1, 0.15) is 16.7 Å². The molecule has 3 heteroatoms. The van der Waals surface area contributed by atoms with Crippen molar-refractivity contribution >= 4 is 10.9 Å². The van der Waals surface area contributed by atoms with Gasteiger partial charge in [-0.3, -0.25) is 4.98 Å². The zero-order valence-corrected chi connectivity index (χ0v) is 13.1. The van der Waals surface area contributed by atoms with E-state index in [9.17, 15) is 0 Å². The number of aromatic nitrogens is 1. The van der Waals surface area contributed by atoms with Gasteiger partial charge in [-0.05, 0) is 41.8 Å². The highest BCUT2D eigenvalue weighted by atomic mass is 16.5. The highest BCUT2D eigenvalue weighted by Gasteiger charge is 2.11. The molecule has 4 rings (SSSR count). The van der Waals surface area contributed by atoms with Gasteiger partial charge in [-0.1, -0.05) is 36.4 Å². The van der Waals surface area contributed by atoms with Crippen LogP contribution in [0.25, 0.3) is 10.9 Å². The van der Waals surface area contributed by atoms with E-state index < -0.39 is 0 Å². The maximum Gasteiger partial charge on any atom is 0.122 e. The lowest BCUT2D eigenvalue weighted by atomic mass is 10.1. The predicted octanol–water partition coefficient (Wildman–Crippen LogP) is 3.50. The average Bonchev–Trinajstić information content (AvgIpc) is 3.06. The highest BCUT2D eigenvalue weighted by Crippen LogP contribution is 2.25. The fraction of sp³-hybridized carbons (Fsp3) is 0.250. The van der Waals surface area contributed by atoms with Crippen molar-refractivity contribution in [1.29, 1.82) is 0 Å². The predicted molar refractivity (Wildman–Crippen MR) is 92.8 cm³/mol. The van der Waals surface area contributed by atoms with Crippen molar-refractivity contribution in [3.63, 3.8) is 0 Å². The lowest BCUT2D eigenvalue weighted by Gasteiger charge is -2.08. The topological polar surface area (TPSA) is 34.2 Å². The van der Waals surface area contributed by atoms with E-state index in [1.807, 2.05) is 12.3 Å². The summed E-state index contributed by atoms with van der Waals surface area (Å²) in [6.07, 6.45) is 3.93. The van der Waals surface area contributed by atoms with Gasteiger partial charge in [0.15, 0.2) is 0 Å². The molecule has 0 fully saturated rings. The van der Waals surface area contributed by atoms with E-state index in [4.69, 9.17) is 4.74 Å². The second-order valence-corrected chi connectivity index (χ2v) is 5.96. The Bertz CT molecular complexity index is 823. The number of fused-ring (bicyclic) bond motifs is 2. The Kier molecular flexibility index (Phi) is 3.95. The molecule has 3 aromatic rings. The minimum atomic E-state index is 0.825. The third-order valence-corrected chi connectivity index (χ3v) is 4.38. The largest absolute Gasteiger partial charge is 0.493 e. The molecule has 0 saturated carbocycles. The first-order valence-corrected chi connectivity index (χ1v) is 8.18. The summed E-state index contributed by atoms with van der Waals surface area (Å²) < 4.78 is 5.56. The third-order valence-electron chi connectivity index (χ3n) is 4.38. The van der Waals surface area contributed by atoms with Crippen molar-refractivity contribution in [1.82, 2.24) is 10.3 Å². The van der Waals surface area contributed by atoms with Gasteiger partial charge >= 0.3 is 0 Å². The Labute approximate surface area is 136 Å². The fourth-order valence-electron chi connectivity index (χ4n) is 3.16. The maximum atomic E-state index is 5.56. The molecule has 0 aliphatic carbocycles. The molecule has 3 nitrogen and oxygen atoms in total. The zero-order chi connectivity index (χ0) is 15.5. The molecule has 2 aromatic carbocycles. The summed E-state index contributed by atoms with van der Waals surface area (Å²) in [5, 5.41) is 4.74. The Morgan fingerprint density at radius 1 is 1.09 bits per heavy atom. The monoisotopic (exact) mass is 304 g/mol. The van der Waals surface area contributed by atoms with Gasteiger partial charge in [-0.2, -0.15) is 0 Å². The number of nitrogens with one attached hydrogen (secondary N) is 1. The van der Waals surface area contributed by atoms with Crippen LogP contribution >= 0.6 is 0 Å². The quantitative estimate of drug-likeness (QED) is 0.733. The minimum Gasteiger partial charge on any atom is -0.493 e. The average molecular weight is 304 g/mol. The number of ether oxygens (including phenoxy) is 1. The molecule has 0 unspecified atom stereocenters. The van der Waals surface area contributed by atoms with Gasteiger partial charge in [0.2, 0.25) is 0 Å². The van der Waals surface area contributed by atoms with Gasteiger partial charge in [0.05, 0.1) is 12.1 Å². The Morgan fingerprint density at radius 2 is 2.04 bits per heavy atom. The molecular formula is C20H20N2O. The molecule has 1 aliphatic rings. The van der Waals surface area contributed by atoms with Crippen LogP contribution in [-0.2, 0) is 19.4 Å². The summed E-state index contributed by atoms with van der Waals surface area (Å²) in [4.78, 5) is 4.50. The summed E-state index contributed by atoms with van der Waals surface area (Å²) in [5.41, 5.74) is 5.07. The van der Waals surface area contributed by atoms with Gasteiger partial charge in [0.25, 0.3) is 0 Å². The van der Waals surface area contributed by atoms with Crippen LogP contribution in [0.5, 0.6) is 5.75 Å². The number of pyridine rings is 1. The van der Waals surface area contributed by atoms with Crippen molar-refractivity contribution in [3.05, 3.63) is 71.4 Å². The summed E-state index contributed by atoms with van der Waals surface area (Å²) in [6.45, 7) is 2.64. The molecule has 0 bridgehead atoms. The molecule has 0 radical (unpaired) electrons. The van der Waals surface area contributed by atoms with Crippen LogP contribution in [0.15, 0.2) is 54.7 Å². The lowest BCUT2D eigenvalue weighted by Crippen LogP contribution is -2.17. The zero-order valence-electron chi connectivity index (χ0n) is 13.1. The molecule has 1 N–H and O–H groups in total. The lowest BCUT2D eigenvalue weighted by molar-refractivity contribution is 0.357. The van der Waals surface area contributed by atoms with E-state index in [0.717, 1.165) is 43.8 Å². The van der Waals surface area contributed by atoms with Gasteiger partial charge in [-0.25, -0.2) is 0 Å². The molecule has 116 valence electrons. The van der Waals surface area contributed by atoms with Crippen LogP contribution < -0.4 is 10.1 Å². The smallest absolute Gasteiger partial charge is 0.122 e. The Hall–Kier alpha value is -2.39. The van der Waals surface area contributed by atoms with Gasteiger partial charge < -0.3 is 10.1 Å². The molecule has 1 aromatic heterocycles. The van der Waals surface area contributed by atoms with Crippen molar-refractivity contribution in [2.45, 2.75) is 19.4 Å². The van der Waals surface area contributed by atoms with Crippen LogP contribution in [0.4, 0.5) is 0 Å². The second-order valence-electron chi connectivity index (χ2n) is 5.96. The normalized spacial score (nSPS) is 13.0. The van der Waals surface area contributed by atoms with Crippen LogP contribution in [0, 0.1) is 0 Å². The Morgan fingerprint density at radius 3 is 3.04 bits per heavy atom.